The molecule has 92 valence electrons. The van der Waals surface area contributed by atoms with E-state index in [1.54, 1.807) is 0 Å². The van der Waals surface area contributed by atoms with Gasteiger partial charge in [-0.25, -0.2) is 0 Å². The van der Waals surface area contributed by atoms with E-state index in [0.29, 0.717) is 11.8 Å². The predicted molar refractivity (Wildman–Crippen MR) is 69.7 cm³/mol. The van der Waals surface area contributed by atoms with Gasteiger partial charge in [0, 0.05) is 13.0 Å². The molecule has 1 N–H and O–H groups in total. The highest BCUT2D eigenvalue weighted by atomic mass is 32.1. The van der Waals surface area contributed by atoms with Gasteiger partial charge >= 0.3 is 0 Å². The zero-order valence-corrected chi connectivity index (χ0v) is 11.1. The Labute approximate surface area is 104 Å². The minimum absolute atomic E-state index is 0.242. The summed E-state index contributed by atoms with van der Waals surface area (Å²) in [4.78, 5) is 11.8. The van der Waals surface area contributed by atoms with Crippen LogP contribution in [0.3, 0.4) is 0 Å². The molecule has 0 aromatic heterocycles. The van der Waals surface area contributed by atoms with Gasteiger partial charge in [-0.05, 0) is 48.7 Å². The summed E-state index contributed by atoms with van der Waals surface area (Å²) >= 11 is 4.33. The second-order valence-corrected chi connectivity index (χ2v) is 6.13. The van der Waals surface area contributed by atoms with Crippen LogP contribution in [0.25, 0.3) is 0 Å². The molecule has 3 heteroatoms. The van der Waals surface area contributed by atoms with E-state index in [2.05, 4.69) is 24.9 Å². The van der Waals surface area contributed by atoms with Crippen molar-refractivity contribution in [3.63, 3.8) is 0 Å². The van der Waals surface area contributed by atoms with Gasteiger partial charge in [-0.15, -0.1) is 0 Å². The Bertz CT molecular complexity index is 264. The molecular weight excluding hydrogens is 218 g/mol. The molecule has 0 atom stereocenters. The molecule has 0 spiro atoms. The normalized spacial score (nSPS) is 24.6. The second-order valence-electron chi connectivity index (χ2n) is 5.82. The van der Waals surface area contributed by atoms with Crippen LogP contribution in [-0.2, 0) is 4.79 Å². The number of carbonyl (C=O) groups is 1. The summed E-state index contributed by atoms with van der Waals surface area (Å²) in [6, 6.07) is 0. The maximum absolute atomic E-state index is 11.8. The Balaban J connectivity index is 1.71. The maximum Gasteiger partial charge on any atom is 0.220 e. The Morgan fingerprint density at radius 1 is 1.25 bits per heavy atom. The molecule has 2 rings (SSSR count). The Morgan fingerprint density at radius 3 is 2.31 bits per heavy atom. The third-order valence-corrected chi connectivity index (χ3v) is 5.32. The molecule has 0 unspecified atom stereocenters. The van der Waals surface area contributed by atoms with Gasteiger partial charge in [0.15, 0.2) is 0 Å². The van der Waals surface area contributed by atoms with Crippen LogP contribution in [-0.4, -0.2) is 18.2 Å². The highest BCUT2D eigenvalue weighted by Crippen LogP contribution is 2.49. The minimum Gasteiger partial charge on any atom is -0.356 e. The van der Waals surface area contributed by atoms with Crippen LogP contribution in [0.5, 0.6) is 0 Å². The van der Waals surface area contributed by atoms with E-state index in [-0.39, 0.29) is 11.3 Å². The van der Waals surface area contributed by atoms with Gasteiger partial charge in [0.25, 0.3) is 0 Å². The highest BCUT2D eigenvalue weighted by molar-refractivity contribution is 7.80. The lowest BCUT2D eigenvalue weighted by atomic mass is 9.67. The maximum atomic E-state index is 11.8. The predicted octanol–water partition coefficient (Wildman–Crippen LogP) is 2.78. The fourth-order valence-electron chi connectivity index (χ4n) is 2.59. The van der Waals surface area contributed by atoms with Crippen molar-refractivity contribution < 1.29 is 4.79 Å². The van der Waals surface area contributed by atoms with Crippen molar-refractivity contribution in [1.82, 2.24) is 5.32 Å². The second kappa shape index (κ2) is 4.59. The van der Waals surface area contributed by atoms with E-state index in [1.807, 2.05) is 0 Å². The molecule has 2 aliphatic carbocycles. The molecule has 0 aromatic rings. The average Bonchev–Trinajstić information content (AvgIpc) is 2.98. The summed E-state index contributed by atoms with van der Waals surface area (Å²) in [5.41, 5.74) is 0.694. The lowest BCUT2D eigenvalue weighted by Gasteiger charge is -2.41. The summed E-state index contributed by atoms with van der Waals surface area (Å²) < 4.78 is 0. The Kier molecular flexibility index (Phi) is 3.53. The number of hydrogen-bond acceptors (Lipinski definition) is 2. The quantitative estimate of drug-likeness (QED) is 0.688. The van der Waals surface area contributed by atoms with Crippen molar-refractivity contribution in [3.8, 4) is 0 Å². The molecular formula is C13H23NOS. The summed E-state index contributed by atoms with van der Waals surface area (Å²) in [6.07, 6.45) is 8.18. The molecule has 0 aliphatic heterocycles. The Hall–Kier alpha value is -0.180. The number of carbonyl (C=O) groups excluding carboxylic acids is 1. The van der Waals surface area contributed by atoms with Gasteiger partial charge in [0.1, 0.15) is 0 Å². The first-order chi connectivity index (χ1) is 7.64. The number of nitrogens with one attached hydrogen (secondary N) is 1. The van der Waals surface area contributed by atoms with Crippen molar-refractivity contribution >= 4 is 18.5 Å². The number of hydrogen-bond donors (Lipinski definition) is 2. The molecule has 0 radical (unpaired) electrons. The highest BCUT2D eigenvalue weighted by Gasteiger charge is 2.43. The third-order valence-electron chi connectivity index (χ3n) is 4.65. The standard InChI is InChI=1S/C13H23NOS/c1-2-12(4-3-5-12)9-14-11(15)8-13(10-16)6-7-13/h16H,2-10H2,1H3,(H,14,15). The smallest absolute Gasteiger partial charge is 0.220 e. The van der Waals surface area contributed by atoms with Gasteiger partial charge in [-0.3, -0.25) is 4.79 Å². The molecule has 0 bridgehead atoms. The number of rotatable bonds is 6. The number of thiol groups is 1. The fraction of sp³-hybridized carbons (Fsp3) is 0.923. The van der Waals surface area contributed by atoms with Crippen LogP contribution < -0.4 is 5.32 Å². The first-order valence-electron chi connectivity index (χ1n) is 6.51. The van der Waals surface area contributed by atoms with E-state index in [1.165, 1.54) is 38.5 Å². The zero-order chi connectivity index (χ0) is 11.6. The SMILES string of the molecule is CCC1(CNC(=O)CC2(CS)CC2)CCC1. The molecule has 2 aliphatic rings. The summed E-state index contributed by atoms with van der Waals surface area (Å²) in [5, 5.41) is 3.13. The molecule has 16 heavy (non-hydrogen) atoms. The summed E-state index contributed by atoms with van der Waals surface area (Å²) in [5.74, 6) is 1.10. The van der Waals surface area contributed by atoms with Crippen molar-refractivity contribution in [1.29, 1.82) is 0 Å². The van der Waals surface area contributed by atoms with Crippen molar-refractivity contribution in [2.75, 3.05) is 12.3 Å². The molecule has 0 saturated heterocycles. The van der Waals surface area contributed by atoms with Crippen molar-refractivity contribution in [2.45, 2.75) is 51.9 Å². The fourth-order valence-corrected chi connectivity index (χ4v) is 3.02. The summed E-state index contributed by atoms with van der Waals surface area (Å²) in [6.45, 7) is 3.13. The lowest BCUT2D eigenvalue weighted by Crippen LogP contribution is -2.42. The van der Waals surface area contributed by atoms with E-state index < -0.39 is 0 Å². The van der Waals surface area contributed by atoms with Crippen LogP contribution in [0, 0.1) is 10.8 Å². The monoisotopic (exact) mass is 241 g/mol. The Morgan fingerprint density at radius 2 is 1.94 bits per heavy atom. The van der Waals surface area contributed by atoms with Gasteiger partial charge < -0.3 is 5.32 Å². The topological polar surface area (TPSA) is 29.1 Å². The van der Waals surface area contributed by atoms with Crippen LogP contribution >= 0.6 is 12.6 Å². The molecule has 2 saturated carbocycles. The molecule has 0 aromatic carbocycles. The van der Waals surface area contributed by atoms with E-state index >= 15 is 0 Å². The molecule has 2 nitrogen and oxygen atoms in total. The van der Waals surface area contributed by atoms with Gasteiger partial charge in [0.2, 0.25) is 5.91 Å². The van der Waals surface area contributed by atoms with E-state index in [0.717, 1.165) is 12.3 Å². The van der Waals surface area contributed by atoms with E-state index in [9.17, 15) is 4.79 Å². The largest absolute Gasteiger partial charge is 0.356 e. The first kappa shape index (κ1) is 12.3. The van der Waals surface area contributed by atoms with E-state index in [4.69, 9.17) is 0 Å². The molecule has 1 amide bonds. The summed E-state index contributed by atoms with van der Waals surface area (Å²) in [7, 11) is 0. The van der Waals surface area contributed by atoms with Crippen LogP contribution in [0.4, 0.5) is 0 Å². The zero-order valence-electron chi connectivity index (χ0n) is 10.2. The van der Waals surface area contributed by atoms with Gasteiger partial charge in [0.05, 0.1) is 0 Å². The van der Waals surface area contributed by atoms with Crippen molar-refractivity contribution in [2.24, 2.45) is 10.8 Å². The average molecular weight is 241 g/mol. The number of amides is 1. The van der Waals surface area contributed by atoms with Crippen molar-refractivity contribution in [3.05, 3.63) is 0 Å². The first-order valence-corrected chi connectivity index (χ1v) is 7.15. The molecule has 0 heterocycles. The third kappa shape index (κ3) is 2.55. The van der Waals surface area contributed by atoms with Crippen LogP contribution in [0.15, 0.2) is 0 Å². The van der Waals surface area contributed by atoms with Gasteiger partial charge in [-0.1, -0.05) is 13.3 Å². The molecule has 2 fully saturated rings. The van der Waals surface area contributed by atoms with Crippen LogP contribution in [0.2, 0.25) is 0 Å². The van der Waals surface area contributed by atoms with Gasteiger partial charge in [-0.2, -0.15) is 12.6 Å². The minimum atomic E-state index is 0.242. The van der Waals surface area contributed by atoms with Crippen LogP contribution in [0.1, 0.15) is 51.9 Å². The lowest BCUT2D eigenvalue weighted by molar-refractivity contribution is -0.123.